The van der Waals surface area contributed by atoms with Crippen molar-refractivity contribution in [3.05, 3.63) is 34.3 Å². The molecule has 0 aliphatic carbocycles. The predicted molar refractivity (Wildman–Crippen MR) is 56.5 cm³/mol. The van der Waals surface area contributed by atoms with E-state index >= 15 is 0 Å². The number of hydrogen-bond acceptors (Lipinski definition) is 1. The summed E-state index contributed by atoms with van der Waals surface area (Å²) >= 11 is 5.55. The van der Waals surface area contributed by atoms with Crippen LogP contribution in [0.4, 0.5) is 13.2 Å². The van der Waals surface area contributed by atoms with E-state index in [1.54, 1.807) is 0 Å². The topological polar surface area (TPSA) is 26.0 Å². The lowest BCUT2D eigenvalue weighted by atomic mass is 10.1. The van der Waals surface area contributed by atoms with Crippen LogP contribution < -0.4 is 5.73 Å². The number of benzene rings is 1. The van der Waals surface area contributed by atoms with Gasteiger partial charge in [0.2, 0.25) is 0 Å². The molecule has 0 amide bonds. The van der Waals surface area contributed by atoms with Crippen LogP contribution in [0.2, 0.25) is 5.02 Å². The molecule has 0 aliphatic heterocycles. The van der Waals surface area contributed by atoms with Gasteiger partial charge in [0.1, 0.15) is 0 Å². The van der Waals surface area contributed by atoms with Crippen molar-refractivity contribution in [2.45, 2.75) is 12.6 Å². The van der Waals surface area contributed by atoms with Gasteiger partial charge in [-0.25, -0.2) is 0 Å². The molecule has 1 rings (SSSR count). The third-order valence-electron chi connectivity index (χ3n) is 1.72. The number of nitrogens with two attached hydrogens (primary N) is 1. The third kappa shape index (κ3) is 4.28. The molecular formula is C9H10Cl2F3N. The van der Waals surface area contributed by atoms with Crippen LogP contribution in [-0.2, 0) is 12.6 Å². The van der Waals surface area contributed by atoms with E-state index in [9.17, 15) is 13.2 Å². The largest absolute Gasteiger partial charge is 0.416 e. The standard InChI is InChI=1S/C9H9ClF3N.ClH/c10-8-4-6(1-2-14)3-7(5-8)9(11,12)13;/h3-5H,1-2,14H2;1H. The highest BCUT2D eigenvalue weighted by molar-refractivity contribution is 6.30. The van der Waals surface area contributed by atoms with Gasteiger partial charge in [0.05, 0.1) is 5.56 Å². The number of rotatable bonds is 2. The molecule has 0 bridgehead atoms. The van der Waals surface area contributed by atoms with Crippen LogP contribution in [0.5, 0.6) is 0 Å². The van der Waals surface area contributed by atoms with E-state index < -0.39 is 11.7 Å². The van der Waals surface area contributed by atoms with E-state index in [-0.39, 0.29) is 17.4 Å². The monoisotopic (exact) mass is 259 g/mol. The van der Waals surface area contributed by atoms with E-state index in [1.165, 1.54) is 6.07 Å². The van der Waals surface area contributed by atoms with Crippen LogP contribution >= 0.6 is 24.0 Å². The molecule has 0 heterocycles. The molecule has 0 aromatic heterocycles. The fourth-order valence-corrected chi connectivity index (χ4v) is 1.38. The van der Waals surface area contributed by atoms with Gasteiger partial charge in [-0.2, -0.15) is 13.2 Å². The highest BCUT2D eigenvalue weighted by Crippen LogP contribution is 2.31. The van der Waals surface area contributed by atoms with E-state index in [0.717, 1.165) is 12.1 Å². The summed E-state index contributed by atoms with van der Waals surface area (Å²) in [6.07, 6.45) is -3.96. The summed E-state index contributed by atoms with van der Waals surface area (Å²) in [4.78, 5) is 0. The summed E-state index contributed by atoms with van der Waals surface area (Å²) < 4.78 is 36.9. The first-order valence-electron chi connectivity index (χ1n) is 4.00. The van der Waals surface area contributed by atoms with Crippen molar-refractivity contribution in [2.24, 2.45) is 5.73 Å². The Morgan fingerprint density at radius 3 is 2.27 bits per heavy atom. The average Bonchev–Trinajstić information content (AvgIpc) is 2.02. The summed E-state index contributed by atoms with van der Waals surface area (Å²) in [7, 11) is 0. The van der Waals surface area contributed by atoms with Gasteiger partial charge in [-0.3, -0.25) is 0 Å². The predicted octanol–water partition coefficient (Wildman–Crippen LogP) is 3.28. The van der Waals surface area contributed by atoms with Crippen molar-refractivity contribution in [1.29, 1.82) is 0 Å². The molecular weight excluding hydrogens is 250 g/mol. The number of hydrogen-bond donors (Lipinski definition) is 1. The molecule has 1 nitrogen and oxygen atoms in total. The molecule has 0 saturated heterocycles. The summed E-state index contributed by atoms with van der Waals surface area (Å²) in [6.45, 7) is 0.303. The fraction of sp³-hybridized carbons (Fsp3) is 0.333. The number of alkyl halides is 3. The average molecular weight is 260 g/mol. The van der Waals surface area contributed by atoms with Crippen LogP contribution in [0, 0.1) is 0 Å². The second kappa shape index (κ2) is 5.58. The van der Waals surface area contributed by atoms with Gasteiger partial charge < -0.3 is 5.73 Å². The van der Waals surface area contributed by atoms with Crippen LogP contribution in [0.15, 0.2) is 18.2 Å². The molecule has 6 heteroatoms. The van der Waals surface area contributed by atoms with E-state index in [2.05, 4.69) is 0 Å². The summed E-state index contributed by atoms with van der Waals surface area (Å²) in [6, 6.07) is 3.46. The Hall–Kier alpha value is -0.450. The zero-order chi connectivity index (χ0) is 10.8. The van der Waals surface area contributed by atoms with E-state index in [1.807, 2.05) is 0 Å². The molecule has 1 aromatic carbocycles. The maximum atomic E-state index is 12.3. The maximum Gasteiger partial charge on any atom is 0.416 e. The van der Waals surface area contributed by atoms with Crippen LogP contribution in [0.1, 0.15) is 11.1 Å². The highest BCUT2D eigenvalue weighted by Gasteiger charge is 2.30. The van der Waals surface area contributed by atoms with Crippen LogP contribution in [-0.4, -0.2) is 6.54 Å². The Morgan fingerprint density at radius 2 is 1.80 bits per heavy atom. The Labute approximate surface area is 96.8 Å². The molecule has 1 aromatic rings. The maximum absolute atomic E-state index is 12.3. The Morgan fingerprint density at radius 1 is 1.20 bits per heavy atom. The van der Waals surface area contributed by atoms with Gasteiger partial charge in [-0.1, -0.05) is 11.6 Å². The lowest BCUT2D eigenvalue weighted by Crippen LogP contribution is -2.08. The van der Waals surface area contributed by atoms with Gasteiger partial charge in [-0.15, -0.1) is 12.4 Å². The zero-order valence-electron chi connectivity index (χ0n) is 7.64. The van der Waals surface area contributed by atoms with Crippen molar-refractivity contribution in [2.75, 3.05) is 6.54 Å². The third-order valence-corrected chi connectivity index (χ3v) is 1.94. The van der Waals surface area contributed by atoms with Crippen molar-refractivity contribution in [1.82, 2.24) is 0 Å². The van der Waals surface area contributed by atoms with Crippen molar-refractivity contribution in [3.8, 4) is 0 Å². The normalized spacial score (nSPS) is 11.0. The van der Waals surface area contributed by atoms with E-state index in [0.29, 0.717) is 18.5 Å². The minimum atomic E-state index is -4.35. The van der Waals surface area contributed by atoms with Crippen molar-refractivity contribution in [3.63, 3.8) is 0 Å². The molecule has 0 fully saturated rings. The summed E-state index contributed by atoms with van der Waals surface area (Å²) in [5.74, 6) is 0. The lowest BCUT2D eigenvalue weighted by molar-refractivity contribution is -0.137. The SMILES string of the molecule is Cl.NCCc1cc(Cl)cc(C(F)(F)F)c1. The van der Waals surface area contributed by atoms with Crippen LogP contribution in [0.3, 0.4) is 0 Å². The molecule has 86 valence electrons. The minimum absolute atomic E-state index is 0. The molecule has 15 heavy (non-hydrogen) atoms. The van der Waals surface area contributed by atoms with Gasteiger partial charge in [0.15, 0.2) is 0 Å². The minimum Gasteiger partial charge on any atom is -0.330 e. The van der Waals surface area contributed by atoms with Crippen molar-refractivity contribution >= 4 is 24.0 Å². The van der Waals surface area contributed by atoms with Crippen molar-refractivity contribution < 1.29 is 13.2 Å². The summed E-state index contributed by atoms with van der Waals surface area (Å²) in [5.41, 5.74) is 5.02. The first-order chi connectivity index (χ1) is 6.43. The van der Waals surface area contributed by atoms with Gasteiger partial charge in [-0.05, 0) is 36.7 Å². The Kier molecular flexibility index (Phi) is 5.42. The zero-order valence-corrected chi connectivity index (χ0v) is 9.22. The number of halogens is 5. The molecule has 0 radical (unpaired) electrons. The molecule has 0 atom stereocenters. The van der Waals surface area contributed by atoms with Gasteiger partial charge in [0, 0.05) is 5.02 Å². The highest BCUT2D eigenvalue weighted by atomic mass is 35.5. The molecule has 0 aliphatic rings. The quantitative estimate of drug-likeness (QED) is 0.867. The molecule has 2 N–H and O–H groups in total. The second-order valence-corrected chi connectivity index (χ2v) is 3.32. The summed E-state index contributed by atoms with van der Waals surface area (Å²) in [5, 5.41) is 0.0864. The molecule has 0 unspecified atom stereocenters. The van der Waals surface area contributed by atoms with Crippen LogP contribution in [0.25, 0.3) is 0 Å². The van der Waals surface area contributed by atoms with Gasteiger partial charge in [0.25, 0.3) is 0 Å². The Balaban J connectivity index is 0.00000196. The van der Waals surface area contributed by atoms with E-state index in [4.69, 9.17) is 17.3 Å². The van der Waals surface area contributed by atoms with Gasteiger partial charge >= 0.3 is 6.18 Å². The first kappa shape index (κ1) is 14.6. The molecule has 0 saturated carbocycles. The molecule has 0 spiro atoms. The Bertz CT molecular complexity index is 326. The fourth-order valence-electron chi connectivity index (χ4n) is 1.13. The lowest BCUT2D eigenvalue weighted by Gasteiger charge is -2.09. The second-order valence-electron chi connectivity index (χ2n) is 2.88. The smallest absolute Gasteiger partial charge is 0.330 e. The first-order valence-corrected chi connectivity index (χ1v) is 4.38.